The summed E-state index contributed by atoms with van der Waals surface area (Å²) in [5.41, 5.74) is 3.00. The molecule has 1 aliphatic rings. The lowest BCUT2D eigenvalue weighted by Gasteiger charge is -2.26. The van der Waals surface area contributed by atoms with Crippen molar-refractivity contribution in [2.75, 3.05) is 31.7 Å². The molecule has 0 amide bonds. The fraction of sp³-hybridized carbons (Fsp3) is 0.350. The molecular formula is C20H24N4O6S. The lowest BCUT2D eigenvalue weighted by atomic mass is 10.2. The molecule has 2 aromatic carbocycles. The number of para-hydroxylation sites is 1. The number of hydrazone groups is 1. The van der Waals surface area contributed by atoms with Gasteiger partial charge in [-0.2, -0.15) is 9.41 Å². The molecule has 0 saturated carbocycles. The first-order chi connectivity index (χ1) is 14.8. The number of sulfonamides is 1. The fourth-order valence-electron chi connectivity index (χ4n) is 2.97. The second-order valence-electron chi connectivity index (χ2n) is 7.03. The van der Waals surface area contributed by atoms with E-state index in [0.717, 1.165) is 6.07 Å². The number of nitro benzene ring substituents is 1. The summed E-state index contributed by atoms with van der Waals surface area (Å²) in [5.74, 6) is 0.629. The van der Waals surface area contributed by atoms with Gasteiger partial charge in [-0.05, 0) is 38.1 Å². The van der Waals surface area contributed by atoms with Gasteiger partial charge in [-0.25, -0.2) is 8.42 Å². The predicted molar refractivity (Wildman–Crippen MR) is 116 cm³/mol. The molecule has 1 N–H and O–H groups in total. The molecule has 166 valence electrons. The minimum Gasteiger partial charge on any atom is -0.490 e. The van der Waals surface area contributed by atoms with Crippen molar-refractivity contribution in [1.29, 1.82) is 0 Å². The number of nitrogens with zero attached hydrogens (tertiary/aromatic N) is 3. The molecule has 0 radical (unpaired) electrons. The number of ether oxygens (including phenoxy) is 2. The van der Waals surface area contributed by atoms with E-state index in [2.05, 4.69) is 10.5 Å². The summed E-state index contributed by atoms with van der Waals surface area (Å²) in [6.07, 6.45) is 1.46. The van der Waals surface area contributed by atoms with E-state index >= 15 is 0 Å². The molecule has 1 fully saturated rings. The molecule has 0 spiro atoms. The van der Waals surface area contributed by atoms with Gasteiger partial charge in [0.1, 0.15) is 11.4 Å². The van der Waals surface area contributed by atoms with E-state index in [1.54, 1.807) is 12.1 Å². The van der Waals surface area contributed by atoms with Gasteiger partial charge < -0.3 is 9.47 Å². The number of nitrogens with one attached hydrogen (secondary N) is 1. The molecule has 1 saturated heterocycles. The van der Waals surface area contributed by atoms with Crippen molar-refractivity contribution in [2.45, 2.75) is 24.8 Å². The number of rotatable bonds is 8. The molecule has 11 heteroatoms. The minimum absolute atomic E-state index is 0.0236. The zero-order valence-corrected chi connectivity index (χ0v) is 18.0. The summed E-state index contributed by atoms with van der Waals surface area (Å²) in [7, 11) is -3.85. The third-order valence-electron chi connectivity index (χ3n) is 4.44. The standard InChI is InChI=1S/C20H24N4O6S/c1-15(2)30-20-6-4-3-5-16(20)14-21-22-18-8-7-17(13-19(18)24(25)26)31(27,28)23-9-11-29-12-10-23/h3-8,13-15,22H,9-12H2,1-2H3/b21-14-. The first-order valence-corrected chi connectivity index (χ1v) is 11.1. The Balaban J connectivity index is 1.83. The Morgan fingerprint density at radius 1 is 1.23 bits per heavy atom. The van der Waals surface area contributed by atoms with E-state index < -0.39 is 20.6 Å². The van der Waals surface area contributed by atoms with E-state index in [4.69, 9.17) is 9.47 Å². The third-order valence-corrected chi connectivity index (χ3v) is 6.34. The van der Waals surface area contributed by atoms with Crippen LogP contribution in [0, 0.1) is 10.1 Å². The number of hydrogen-bond donors (Lipinski definition) is 1. The van der Waals surface area contributed by atoms with Gasteiger partial charge in [0.25, 0.3) is 5.69 Å². The monoisotopic (exact) mass is 448 g/mol. The topological polar surface area (TPSA) is 123 Å². The summed E-state index contributed by atoms with van der Waals surface area (Å²) in [6, 6.07) is 11.0. The molecule has 0 aromatic heterocycles. The number of nitro groups is 1. The Hall–Kier alpha value is -3.02. The first-order valence-electron chi connectivity index (χ1n) is 9.70. The van der Waals surface area contributed by atoms with Crippen LogP contribution in [0.1, 0.15) is 19.4 Å². The summed E-state index contributed by atoms with van der Waals surface area (Å²) in [4.78, 5) is 10.8. The fourth-order valence-corrected chi connectivity index (χ4v) is 4.40. The van der Waals surface area contributed by atoms with Crippen LogP contribution in [0.5, 0.6) is 5.75 Å². The van der Waals surface area contributed by atoms with Crippen LogP contribution in [0.15, 0.2) is 52.5 Å². The van der Waals surface area contributed by atoms with Crippen LogP contribution in [0.25, 0.3) is 0 Å². The summed E-state index contributed by atoms with van der Waals surface area (Å²) >= 11 is 0. The van der Waals surface area contributed by atoms with Gasteiger partial charge in [0.15, 0.2) is 0 Å². The van der Waals surface area contributed by atoms with Gasteiger partial charge in [-0.1, -0.05) is 12.1 Å². The number of anilines is 1. The largest absolute Gasteiger partial charge is 0.490 e. The molecule has 1 heterocycles. The van der Waals surface area contributed by atoms with Crippen LogP contribution < -0.4 is 10.2 Å². The molecule has 2 aromatic rings. The summed E-state index contributed by atoms with van der Waals surface area (Å²) in [5, 5.41) is 15.6. The number of hydrogen-bond acceptors (Lipinski definition) is 8. The average Bonchev–Trinajstić information content (AvgIpc) is 2.75. The number of benzene rings is 2. The highest BCUT2D eigenvalue weighted by atomic mass is 32.2. The normalized spacial score (nSPS) is 15.3. The zero-order valence-electron chi connectivity index (χ0n) is 17.2. The van der Waals surface area contributed by atoms with Crippen LogP contribution in [-0.2, 0) is 14.8 Å². The maximum Gasteiger partial charge on any atom is 0.295 e. The van der Waals surface area contributed by atoms with Crippen molar-refractivity contribution >= 4 is 27.6 Å². The Bertz CT molecular complexity index is 1070. The van der Waals surface area contributed by atoms with Crippen LogP contribution in [0.3, 0.4) is 0 Å². The van der Waals surface area contributed by atoms with Crippen LogP contribution in [0.4, 0.5) is 11.4 Å². The molecular weight excluding hydrogens is 424 g/mol. The SMILES string of the molecule is CC(C)Oc1ccccc1/C=N\Nc1ccc(S(=O)(=O)N2CCOCC2)cc1[N+](=O)[O-]. The lowest BCUT2D eigenvalue weighted by molar-refractivity contribution is -0.384. The highest BCUT2D eigenvalue weighted by Crippen LogP contribution is 2.29. The van der Waals surface area contributed by atoms with Crippen molar-refractivity contribution in [2.24, 2.45) is 5.10 Å². The van der Waals surface area contributed by atoms with Gasteiger partial charge in [0.2, 0.25) is 10.0 Å². The maximum absolute atomic E-state index is 12.8. The van der Waals surface area contributed by atoms with E-state index in [1.165, 1.54) is 22.7 Å². The molecule has 3 rings (SSSR count). The van der Waals surface area contributed by atoms with Gasteiger partial charge in [0.05, 0.1) is 35.4 Å². The molecule has 0 aliphatic carbocycles. The number of morpholine rings is 1. The molecule has 1 aliphatic heterocycles. The smallest absolute Gasteiger partial charge is 0.295 e. The van der Waals surface area contributed by atoms with E-state index in [-0.39, 0.29) is 43.0 Å². The van der Waals surface area contributed by atoms with Crippen molar-refractivity contribution in [3.8, 4) is 5.75 Å². The Morgan fingerprint density at radius 2 is 1.94 bits per heavy atom. The van der Waals surface area contributed by atoms with E-state index in [9.17, 15) is 18.5 Å². The summed E-state index contributed by atoms with van der Waals surface area (Å²) < 4.78 is 37.7. The Labute approximate surface area is 180 Å². The molecule has 0 unspecified atom stereocenters. The van der Waals surface area contributed by atoms with E-state index in [1.807, 2.05) is 26.0 Å². The Kier molecular flexibility index (Phi) is 7.21. The Morgan fingerprint density at radius 3 is 2.61 bits per heavy atom. The second kappa shape index (κ2) is 9.86. The molecule has 31 heavy (non-hydrogen) atoms. The van der Waals surface area contributed by atoms with Crippen LogP contribution in [0.2, 0.25) is 0 Å². The predicted octanol–water partition coefficient (Wildman–Crippen LogP) is 2.85. The lowest BCUT2D eigenvalue weighted by Crippen LogP contribution is -2.40. The van der Waals surface area contributed by atoms with Gasteiger partial charge in [-0.3, -0.25) is 15.5 Å². The zero-order chi connectivity index (χ0) is 22.4. The van der Waals surface area contributed by atoms with Crippen LogP contribution in [-0.4, -0.2) is 56.3 Å². The second-order valence-corrected chi connectivity index (χ2v) is 8.96. The highest BCUT2D eigenvalue weighted by Gasteiger charge is 2.28. The summed E-state index contributed by atoms with van der Waals surface area (Å²) in [6.45, 7) is 4.80. The van der Waals surface area contributed by atoms with Crippen molar-refractivity contribution in [3.63, 3.8) is 0 Å². The maximum atomic E-state index is 12.8. The molecule has 0 atom stereocenters. The average molecular weight is 449 g/mol. The highest BCUT2D eigenvalue weighted by molar-refractivity contribution is 7.89. The van der Waals surface area contributed by atoms with Crippen molar-refractivity contribution in [3.05, 3.63) is 58.1 Å². The van der Waals surface area contributed by atoms with Gasteiger partial charge in [0, 0.05) is 24.7 Å². The first kappa shape index (κ1) is 22.7. The van der Waals surface area contributed by atoms with Crippen LogP contribution >= 0.6 is 0 Å². The third kappa shape index (κ3) is 5.57. The van der Waals surface area contributed by atoms with Crippen molar-refractivity contribution in [1.82, 2.24) is 4.31 Å². The van der Waals surface area contributed by atoms with E-state index in [0.29, 0.717) is 11.3 Å². The quantitative estimate of drug-likeness (QED) is 0.374. The molecule has 0 bridgehead atoms. The minimum atomic E-state index is -3.85. The van der Waals surface area contributed by atoms with Crippen molar-refractivity contribution < 1.29 is 22.8 Å². The van der Waals surface area contributed by atoms with Gasteiger partial charge in [-0.15, -0.1) is 0 Å². The van der Waals surface area contributed by atoms with Gasteiger partial charge >= 0.3 is 0 Å². The molecule has 10 nitrogen and oxygen atoms in total.